The molecule has 17 heavy (non-hydrogen) atoms. The van der Waals surface area contributed by atoms with Crippen LogP contribution in [0.4, 0.5) is 0 Å². The number of hydrogen-bond acceptors (Lipinski definition) is 1. The van der Waals surface area contributed by atoms with Gasteiger partial charge in [0, 0.05) is 13.1 Å². The van der Waals surface area contributed by atoms with Crippen LogP contribution in [0.2, 0.25) is 0 Å². The molecule has 0 spiro atoms. The zero-order valence-electron chi connectivity index (χ0n) is 9.67. The molecule has 88 valence electrons. The average Bonchev–Trinajstić information content (AvgIpc) is 2.42. The number of piperidine rings is 1. The molecule has 0 radical (unpaired) electrons. The van der Waals surface area contributed by atoms with Gasteiger partial charge in [0.05, 0.1) is 5.56 Å². The van der Waals surface area contributed by atoms with Crippen LogP contribution in [0.25, 0.3) is 5.53 Å². The van der Waals surface area contributed by atoms with Gasteiger partial charge >= 0.3 is 11.6 Å². The van der Waals surface area contributed by atoms with E-state index in [2.05, 4.69) is 4.79 Å². The Balaban J connectivity index is 2.19. The van der Waals surface area contributed by atoms with Gasteiger partial charge in [-0.3, -0.25) is 4.79 Å². The summed E-state index contributed by atoms with van der Waals surface area (Å²) < 4.78 is 0. The van der Waals surface area contributed by atoms with Gasteiger partial charge in [0.25, 0.3) is 0 Å². The van der Waals surface area contributed by atoms with Crippen molar-refractivity contribution in [3.8, 4) is 0 Å². The molecule has 1 aliphatic heterocycles. The minimum Gasteiger partial charge on any atom is -0.361 e. The Bertz CT molecular complexity index is 443. The Morgan fingerprint density at radius 1 is 1.12 bits per heavy atom. The van der Waals surface area contributed by atoms with Gasteiger partial charge < -0.3 is 10.4 Å². The second-order valence-corrected chi connectivity index (χ2v) is 4.17. The molecule has 0 N–H and O–H groups in total. The van der Waals surface area contributed by atoms with E-state index in [1.807, 2.05) is 18.2 Å². The lowest BCUT2D eigenvalue weighted by Crippen LogP contribution is -2.40. The predicted molar refractivity (Wildman–Crippen MR) is 64.6 cm³/mol. The summed E-state index contributed by atoms with van der Waals surface area (Å²) >= 11 is 0. The zero-order valence-corrected chi connectivity index (χ0v) is 9.67. The van der Waals surface area contributed by atoms with E-state index in [1.165, 1.54) is 6.42 Å². The number of benzene rings is 1. The number of hydrogen-bond donors (Lipinski definition) is 0. The summed E-state index contributed by atoms with van der Waals surface area (Å²) in [6.07, 6.45) is 3.22. The third kappa shape index (κ3) is 2.60. The highest BCUT2D eigenvalue weighted by atomic mass is 16.2. The lowest BCUT2D eigenvalue weighted by atomic mass is 10.1. The number of carbonyl (C=O) groups excluding carboxylic acids is 1. The Labute approximate surface area is 100 Å². The van der Waals surface area contributed by atoms with E-state index in [-0.39, 0.29) is 11.6 Å². The summed E-state index contributed by atoms with van der Waals surface area (Å²) in [4.78, 5) is 17.1. The van der Waals surface area contributed by atoms with E-state index in [9.17, 15) is 4.79 Å². The van der Waals surface area contributed by atoms with Crippen LogP contribution >= 0.6 is 0 Å². The van der Waals surface area contributed by atoms with Gasteiger partial charge in [-0.15, -0.1) is 0 Å². The summed E-state index contributed by atoms with van der Waals surface area (Å²) in [5, 5.41) is 0. The monoisotopic (exact) mass is 229 g/mol. The maximum absolute atomic E-state index is 12.2. The van der Waals surface area contributed by atoms with E-state index in [4.69, 9.17) is 5.53 Å². The molecule has 0 atom stereocenters. The van der Waals surface area contributed by atoms with Crippen LogP contribution in [-0.2, 0) is 4.79 Å². The molecular formula is C13H15N3O. The quantitative estimate of drug-likeness (QED) is 0.433. The SMILES string of the molecule is [N-]=[N+]=C(C(=O)N1CCCCC1)c1ccccc1. The highest BCUT2D eigenvalue weighted by Gasteiger charge is 2.28. The van der Waals surface area contributed by atoms with Crippen molar-refractivity contribution in [3.63, 3.8) is 0 Å². The largest absolute Gasteiger partial charge is 0.386 e. The standard InChI is InChI=1S/C13H15N3O/c14-15-12(11-7-3-1-4-8-11)13(17)16-9-5-2-6-10-16/h1,3-4,7-8H,2,5-6,9-10H2. The first kappa shape index (κ1) is 11.6. The summed E-state index contributed by atoms with van der Waals surface area (Å²) in [6, 6.07) is 9.06. The van der Waals surface area contributed by atoms with Crippen molar-refractivity contribution in [2.24, 2.45) is 0 Å². The van der Waals surface area contributed by atoms with Crippen molar-refractivity contribution in [3.05, 3.63) is 41.4 Å². The van der Waals surface area contributed by atoms with Crippen LogP contribution in [-0.4, -0.2) is 34.4 Å². The van der Waals surface area contributed by atoms with Crippen LogP contribution in [0.5, 0.6) is 0 Å². The maximum Gasteiger partial charge on any atom is 0.386 e. The molecule has 0 unspecified atom stereocenters. The summed E-state index contributed by atoms with van der Waals surface area (Å²) in [5.74, 6) is -0.182. The Kier molecular flexibility index (Phi) is 3.68. The number of amides is 1. The molecular weight excluding hydrogens is 214 g/mol. The third-order valence-corrected chi connectivity index (χ3v) is 2.99. The number of carbonyl (C=O) groups is 1. The highest BCUT2D eigenvalue weighted by molar-refractivity contribution is 6.42. The van der Waals surface area contributed by atoms with E-state index in [0.717, 1.165) is 25.9 Å². The van der Waals surface area contributed by atoms with E-state index >= 15 is 0 Å². The predicted octanol–water partition coefficient (Wildman–Crippen LogP) is 1.72. The van der Waals surface area contributed by atoms with Crippen molar-refractivity contribution < 1.29 is 9.58 Å². The van der Waals surface area contributed by atoms with Crippen LogP contribution in [0.3, 0.4) is 0 Å². The molecule has 1 aromatic rings. The van der Waals surface area contributed by atoms with Crippen molar-refractivity contribution >= 4 is 11.6 Å². The smallest absolute Gasteiger partial charge is 0.361 e. The second kappa shape index (κ2) is 5.41. The van der Waals surface area contributed by atoms with Gasteiger partial charge in [0.1, 0.15) is 0 Å². The van der Waals surface area contributed by atoms with Crippen LogP contribution in [0.1, 0.15) is 24.8 Å². The lowest BCUT2D eigenvalue weighted by molar-refractivity contribution is -0.129. The Hall–Kier alpha value is -1.93. The minimum atomic E-state index is -0.182. The average molecular weight is 229 g/mol. The van der Waals surface area contributed by atoms with Crippen LogP contribution < -0.4 is 0 Å². The molecule has 0 aromatic heterocycles. The topological polar surface area (TPSA) is 56.7 Å². The first-order valence-corrected chi connectivity index (χ1v) is 5.89. The molecule has 0 aliphatic carbocycles. The number of nitrogens with zero attached hydrogens (tertiary/aromatic N) is 3. The van der Waals surface area contributed by atoms with Gasteiger partial charge in [0.15, 0.2) is 0 Å². The molecule has 0 bridgehead atoms. The normalized spacial score (nSPS) is 15.2. The van der Waals surface area contributed by atoms with E-state index < -0.39 is 0 Å². The van der Waals surface area contributed by atoms with Gasteiger partial charge in [-0.25, -0.2) is 0 Å². The Morgan fingerprint density at radius 2 is 1.76 bits per heavy atom. The molecule has 2 rings (SSSR count). The summed E-state index contributed by atoms with van der Waals surface area (Å²) in [6.45, 7) is 1.51. The third-order valence-electron chi connectivity index (χ3n) is 2.99. The highest BCUT2D eigenvalue weighted by Crippen LogP contribution is 2.11. The summed E-state index contributed by atoms with van der Waals surface area (Å²) in [5.41, 5.74) is 9.81. The molecule has 1 aliphatic rings. The maximum atomic E-state index is 12.2. The molecule has 4 nitrogen and oxygen atoms in total. The molecule has 1 heterocycles. The van der Waals surface area contributed by atoms with Gasteiger partial charge in [-0.2, -0.15) is 4.79 Å². The van der Waals surface area contributed by atoms with Crippen molar-refractivity contribution in [1.29, 1.82) is 0 Å². The van der Waals surface area contributed by atoms with Crippen molar-refractivity contribution in [2.45, 2.75) is 19.3 Å². The molecule has 4 heteroatoms. The molecule has 1 saturated heterocycles. The van der Waals surface area contributed by atoms with Crippen LogP contribution in [0.15, 0.2) is 30.3 Å². The van der Waals surface area contributed by atoms with Crippen LogP contribution in [0, 0.1) is 0 Å². The van der Waals surface area contributed by atoms with Gasteiger partial charge in [-0.1, -0.05) is 18.2 Å². The fraction of sp³-hybridized carbons (Fsp3) is 0.385. The molecule has 0 saturated carbocycles. The number of likely N-dealkylation sites (tertiary alicyclic amines) is 1. The fourth-order valence-corrected chi connectivity index (χ4v) is 2.07. The van der Waals surface area contributed by atoms with Crippen molar-refractivity contribution in [2.75, 3.05) is 13.1 Å². The number of rotatable bonds is 2. The van der Waals surface area contributed by atoms with E-state index in [0.29, 0.717) is 5.56 Å². The molecule has 1 fully saturated rings. The first-order valence-electron chi connectivity index (χ1n) is 5.89. The zero-order chi connectivity index (χ0) is 12.1. The lowest BCUT2D eigenvalue weighted by Gasteiger charge is -2.24. The Morgan fingerprint density at radius 3 is 2.35 bits per heavy atom. The summed E-state index contributed by atoms with van der Waals surface area (Å²) in [7, 11) is 0. The molecule has 1 amide bonds. The minimum absolute atomic E-state index is 0.132. The van der Waals surface area contributed by atoms with Gasteiger partial charge in [0.2, 0.25) is 0 Å². The van der Waals surface area contributed by atoms with E-state index in [1.54, 1.807) is 17.0 Å². The van der Waals surface area contributed by atoms with Crippen molar-refractivity contribution in [1.82, 2.24) is 4.90 Å². The first-order chi connectivity index (χ1) is 8.33. The second-order valence-electron chi connectivity index (χ2n) is 4.17. The molecule has 1 aromatic carbocycles. The fourth-order valence-electron chi connectivity index (χ4n) is 2.07. The van der Waals surface area contributed by atoms with Gasteiger partial charge in [-0.05, 0) is 31.4 Å².